The smallest absolute Gasteiger partial charge is 0.175 e. The largest absolute Gasteiger partial charge is 0.228 e. The van der Waals surface area contributed by atoms with Crippen LogP contribution < -0.4 is 0 Å². The minimum Gasteiger partial charge on any atom is -0.228 e. The van der Waals surface area contributed by atoms with Crippen LogP contribution in [0.4, 0.5) is 0 Å². The molecule has 19 heavy (non-hydrogen) atoms. The van der Waals surface area contributed by atoms with Gasteiger partial charge in [-0.3, -0.25) is 0 Å². The zero-order valence-electron chi connectivity index (χ0n) is 9.67. The number of hydrogen-bond donors (Lipinski definition) is 0. The summed E-state index contributed by atoms with van der Waals surface area (Å²) in [5, 5.41) is 1.01. The van der Waals surface area contributed by atoms with Crippen LogP contribution >= 0.6 is 39.3 Å². The molecular formula is C11H8BrClN2O2S2. The summed E-state index contributed by atoms with van der Waals surface area (Å²) in [4.78, 5) is 9.10. The molecule has 0 aliphatic heterocycles. The summed E-state index contributed by atoms with van der Waals surface area (Å²) in [6.45, 7) is 0. The Balaban J connectivity index is 2.27. The Morgan fingerprint density at radius 2 is 1.84 bits per heavy atom. The molecule has 1 aromatic carbocycles. The molecule has 0 aliphatic rings. The maximum atomic E-state index is 11.3. The van der Waals surface area contributed by atoms with E-state index in [0.29, 0.717) is 14.7 Å². The van der Waals surface area contributed by atoms with Gasteiger partial charge >= 0.3 is 0 Å². The van der Waals surface area contributed by atoms with Crippen molar-refractivity contribution in [3.63, 3.8) is 0 Å². The van der Waals surface area contributed by atoms with Crippen LogP contribution in [0, 0.1) is 0 Å². The van der Waals surface area contributed by atoms with Gasteiger partial charge in [0.05, 0.1) is 9.37 Å². The molecule has 0 N–H and O–H groups in total. The Hall–Kier alpha value is -0.630. The van der Waals surface area contributed by atoms with Gasteiger partial charge in [0.1, 0.15) is 16.5 Å². The first-order valence-electron chi connectivity index (χ1n) is 5.02. The molecule has 0 saturated carbocycles. The molecule has 2 aromatic rings. The van der Waals surface area contributed by atoms with E-state index >= 15 is 0 Å². The lowest BCUT2D eigenvalue weighted by atomic mass is 10.4. The number of rotatable bonds is 3. The molecule has 0 aliphatic carbocycles. The monoisotopic (exact) mass is 378 g/mol. The highest BCUT2D eigenvalue weighted by molar-refractivity contribution is 9.10. The van der Waals surface area contributed by atoms with E-state index in [1.807, 2.05) is 0 Å². The fourth-order valence-corrected chi connectivity index (χ4v) is 3.32. The Morgan fingerprint density at radius 1 is 1.21 bits per heavy atom. The molecule has 0 radical (unpaired) electrons. The summed E-state index contributed by atoms with van der Waals surface area (Å²) in [6, 6.07) is 6.58. The second-order valence-corrected chi connectivity index (χ2v) is 7.86. The van der Waals surface area contributed by atoms with Crippen LogP contribution in [-0.4, -0.2) is 24.6 Å². The van der Waals surface area contributed by atoms with Crippen molar-refractivity contribution in [1.29, 1.82) is 0 Å². The summed E-state index contributed by atoms with van der Waals surface area (Å²) < 4.78 is 23.3. The van der Waals surface area contributed by atoms with Crippen molar-refractivity contribution in [1.82, 2.24) is 9.97 Å². The SMILES string of the molecule is CS(=O)(=O)c1ccc(Sc2ncnc(Cl)c2Br)cc1. The second-order valence-electron chi connectivity index (χ2n) is 3.63. The molecule has 100 valence electrons. The number of halogens is 2. The molecule has 0 saturated heterocycles. The van der Waals surface area contributed by atoms with Gasteiger partial charge in [-0.2, -0.15) is 0 Å². The molecule has 0 atom stereocenters. The van der Waals surface area contributed by atoms with Gasteiger partial charge in [-0.15, -0.1) is 0 Å². The molecule has 2 rings (SSSR count). The fourth-order valence-electron chi connectivity index (χ4n) is 1.27. The first-order chi connectivity index (χ1) is 8.88. The fraction of sp³-hybridized carbons (Fsp3) is 0.0909. The number of nitrogens with zero attached hydrogens (tertiary/aromatic N) is 2. The molecule has 8 heteroatoms. The van der Waals surface area contributed by atoms with Crippen LogP contribution in [0.2, 0.25) is 5.15 Å². The number of benzene rings is 1. The highest BCUT2D eigenvalue weighted by Crippen LogP contribution is 2.34. The number of sulfone groups is 1. The van der Waals surface area contributed by atoms with E-state index in [4.69, 9.17) is 11.6 Å². The summed E-state index contributed by atoms with van der Waals surface area (Å²) in [7, 11) is -3.17. The number of aromatic nitrogens is 2. The molecule has 4 nitrogen and oxygen atoms in total. The van der Waals surface area contributed by atoms with E-state index in [1.54, 1.807) is 24.3 Å². The van der Waals surface area contributed by atoms with Crippen molar-refractivity contribution in [3.8, 4) is 0 Å². The normalized spacial score (nSPS) is 11.5. The lowest BCUT2D eigenvalue weighted by Crippen LogP contribution is -1.96. The second kappa shape index (κ2) is 5.78. The molecule has 0 spiro atoms. The van der Waals surface area contributed by atoms with Gasteiger partial charge in [-0.25, -0.2) is 18.4 Å². The Bertz CT molecular complexity index is 705. The van der Waals surface area contributed by atoms with Crippen LogP contribution in [-0.2, 0) is 9.84 Å². The molecular weight excluding hydrogens is 372 g/mol. The van der Waals surface area contributed by atoms with Gasteiger partial charge < -0.3 is 0 Å². The maximum absolute atomic E-state index is 11.3. The Morgan fingerprint density at radius 3 is 2.42 bits per heavy atom. The topological polar surface area (TPSA) is 59.9 Å². The van der Waals surface area contributed by atoms with Crippen LogP contribution in [0.1, 0.15) is 0 Å². The van der Waals surface area contributed by atoms with Crippen molar-refractivity contribution in [3.05, 3.63) is 40.2 Å². The third-order valence-electron chi connectivity index (χ3n) is 2.18. The average Bonchev–Trinajstić information content (AvgIpc) is 2.35. The third-order valence-corrected chi connectivity index (χ3v) is 5.85. The molecule has 1 aromatic heterocycles. The Kier molecular flexibility index (Phi) is 4.50. The lowest BCUT2D eigenvalue weighted by Gasteiger charge is -2.04. The first kappa shape index (κ1) is 14.8. The molecule has 0 amide bonds. The van der Waals surface area contributed by atoms with Crippen LogP contribution in [0.5, 0.6) is 0 Å². The summed E-state index contributed by atoms with van der Waals surface area (Å²) >= 11 is 10.6. The van der Waals surface area contributed by atoms with Gasteiger partial charge in [-0.05, 0) is 40.2 Å². The van der Waals surface area contributed by atoms with E-state index in [-0.39, 0.29) is 4.90 Å². The van der Waals surface area contributed by atoms with E-state index in [9.17, 15) is 8.42 Å². The van der Waals surface area contributed by atoms with Crippen LogP contribution in [0.25, 0.3) is 0 Å². The van der Waals surface area contributed by atoms with Crippen LogP contribution in [0.3, 0.4) is 0 Å². The van der Waals surface area contributed by atoms with Crippen molar-refractivity contribution < 1.29 is 8.42 Å². The predicted molar refractivity (Wildman–Crippen MR) is 78.4 cm³/mol. The first-order valence-corrected chi connectivity index (χ1v) is 8.90. The minimum atomic E-state index is -3.17. The van der Waals surface area contributed by atoms with Crippen molar-refractivity contribution >= 4 is 49.1 Å². The zero-order chi connectivity index (χ0) is 14.0. The molecule has 0 unspecified atom stereocenters. The van der Waals surface area contributed by atoms with Crippen LogP contribution in [0.15, 0.2) is 49.9 Å². The van der Waals surface area contributed by atoms with Gasteiger partial charge in [0.25, 0.3) is 0 Å². The van der Waals surface area contributed by atoms with E-state index in [1.165, 1.54) is 24.3 Å². The Labute approximate surface area is 128 Å². The predicted octanol–water partition coefficient (Wildman–Crippen LogP) is 3.45. The van der Waals surface area contributed by atoms with E-state index in [2.05, 4.69) is 25.9 Å². The van der Waals surface area contributed by atoms with E-state index < -0.39 is 9.84 Å². The summed E-state index contributed by atoms with van der Waals surface area (Å²) in [6.07, 6.45) is 2.55. The van der Waals surface area contributed by atoms with Gasteiger partial charge in [0, 0.05) is 11.2 Å². The van der Waals surface area contributed by atoms with Gasteiger partial charge in [0.2, 0.25) is 0 Å². The molecule has 0 bridgehead atoms. The lowest BCUT2D eigenvalue weighted by molar-refractivity contribution is 0.602. The van der Waals surface area contributed by atoms with Crippen molar-refractivity contribution in [2.24, 2.45) is 0 Å². The van der Waals surface area contributed by atoms with Gasteiger partial charge in [-0.1, -0.05) is 23.4 Å². The maximum Gasteiger partial charge on any atom is 0.175 e. The number of hydrogen-bond acceptors (Lipinski definition) is 5. The zero-order valence-corrected chi connectivity index (χ0v) is 13.6. The quantitative estimate of drug-likeness (QED) is 0.764. The minimum absolute atomic E-state index is 0.289. The molecule has 0 fully saturated rings. The van der Waals surface area contributed by atoms with Crippen molar-refractivity contribution in [2.45, 2.75) is 14.8 Å². The van der Waals surface area contributed by atoms with Gasteiger partial charge in [0.15, 0.2) is 9.84 Å². The third kappa shape index (κ3) is 3.68. The molecule has 1 heterocycles. The average molecular weight is 380 g/mol. The summed E-state index contributed by atoms with van der Waals surface area (Å²) in [5.74, 6) is 0. The van der Waals surface area contributed by atoms with E-state index in [0.717, 1.165) is 4.90 Å². The standard InChI is InChI=1S/C11H8BrClN2O2S2/c1-19(16,17)8-4-2-7(3-5-8)18-11-9(12)10(13)14-6-15-11/h2-6H,1H3. The summed E-state index contributed by atoms with van der Waals surface area (Å²) in [5.41, 5.74) is 0. The van der Waals surface area contributed by atoms with Crippen molar-refractivity contribution in [2.75, 3.05) is 6.26 Å². The highest BCUT2D eigenvalue weighted by Gasteiger charge is 2.10. The highest BCUT2D eigenvalue weighted by atomic mass is 79.9.